The lowest BCUT2D eigenvalue weighted by Gasteiger charge is -2.45. The molecule has 1 N–H and O–H groups in total. The van der Waals surface area contributed by atoms with Crippen LogP contribution in [0, 0.1) is 11.3 Å². The van der Waals surface area contributed by atoms with Crippen molar-refractivity contribution in [1.82, 2.24) is 0 Å². The van der Waals surface area contributed by atoms with E-state index < -0.39 is 0 Å². The van der Waals surface area contributed by atoms with Crippen LogP contribution in [0.1, 0.15) is 59.3 Å². The van der Waals surface area contributed by atoms with Crippen molar-refractivity contribution in [2.24, 2.45) is 11.3 Å². The van der Waals surface area contributed by atoms with Gasteiger partial charge in [-0.2, -0.15) is 0 Å². The maximum atomic E-state index is 10.5. The number of fused-ring (bicyclic) bond motifs is 1. The van der Waals surface area contributed by atoms with E-state index in [4.69, 9.17) is 0 Å². The van der Waals surface area contributed by atoms with E-state index in [1.165, 1.54) is 19.3 Å². The van der Waals surface area contributed by atoms with Crippen LogP contribution in [-0.2, 0) is 0 Å². The quantitative estimate of drug-likeness (QED) is 0.602. The Morgan fingerprint density at radius 3 is 2.73 bits per heavy atom. The van der Waals surface area contributed by atoms with Crippen LogP contribution >= 0.6 is 0 Å². The third-order valence-corrected chi connectivity index (χ3v) is 4.30. The van der Waals surface area contributed by atoms with E-state index in [0.717, 1.165) is 19.3 Å². The molecule has 0 spiro atoms. The first-order chi connectivity index (χ1) is 6.92. The maximum absolute atomic E-state index is 10.5. The van der Waals surface area contributed by atoms with E-state index in [1.807, 2.05) is 0 Å². The molecule has 0 aliphatic heterocycles. The van der Waals surface area contributed by atoms with Gasteiger partial charge in [-0.25, -0.2) is 0 Å². The van der Waals surface area contributed by atoms with Gasteiger partial charge in [0.25, 0.3) is 0 Å². The van der Waals surface area contributed by atoms with Gasteiger partial charge in [0.1, 0.15) is 0 Å². The van der Waals surface area contributed by atoms with E-state index in [0.29, 0.717) is 11.3 Å². The second kappa shape index (κ2) is 3.62. The van der Waals surface area contributed by atoms with Gasteiger partial charge in [-0.15, -0.1) is 0 Å². The molecule has 0 amide bonds. The predicted octanol–water partition coefficient (Wildman–Crippen LogP) is 3.67. The van der Waals surface area contributed by atoms with Crippen molar-refractivity contribution in [3.8, 4) is 0 Å². The van der Waals surface area contributed by atoms with Crippen molar-refractivity contribution in [3.05, 3.63) is 11.6 Å². The summed E-state index contributed by atoms with van der Waals surface area (Å²) in [6.45, 7) is 6.85. The highest BCUT2D eigenvalue weighted by Crippen LogP contribution is 2.46. The van der Waals surface area contributed by atoms with Crippen LogP contribution in [0.15, 0.2) is 11.6 Å². The Morgan fingerprint density at radius 1 is 1.33 bits per heavy atom. The van der Waals surface area contributed by atoms with Crippen LogP contribution in [0.3, 0.4) is 0 Å². The Morgan fingerprint density at radius 2 is 2.07 bits per heavy atom. The van der Waals surface area contributed by atoms with Gasteiger partial charge in [0.2, 0.25) is 0 Å². The fourth-order valence-corrected chi connectivity index (χ4v) is 3.12. The van der Waals surface area contributed by atoms with E-state index in [1.54, 1.807) is 5.57 Å². The van der Waals surface area contributed by atoms with Gasteiger partial charge in [-0.3, -0.25) is 0 Å². The van der Waals surface area contributed by atoms with Crippen molar-refractivity contribution < 1.29 is 5.11 Å². The summed E-state index contributed by atoms with van der Waals surface area (Å²) >= 11 is 0. The summed E-state index contributed by atoms with van der Waals surface area (Å²) < 4.78 is 0. The molecule has 0 heterocycles. The third kappa shape index (κ3) is 2.13. The molecule has 0 saturated heterocycles. The van der Waals surface area contributed by atoms with E-state index in [9.17, 15) is 5.11 Å². The average Bonchev–Trinajstić information content (AvgIpc) is 2.14. The molecule has 1 nitrogen and oxygen atoms in total. The van der Waals surface area contributed by atoms with Gasteiger partial charge in [-0.1, -0.05) is 45.3 Å². The lowest BCUT2D eigenvalue weighted by atomic mass is 9.64. The largest absolute Gasteiger partial charge is 0.389 e. The highest BCUT2D eigenvalue weighted by molar-refractivity contribution is 5.19. The van der Waals surface area contributed by atoms with Gasteiger partial charge in [0, 0.05) is 0 Å². The van der Waals surface area contributed by atoms with Crippen LogP contribution in [-0.4, -0.2) is 10.7 Å². The summed E-state index contributed by atoms with van der Waals surface area (Å²) in [7, 11) is 0. The van der Waals surface area contributed by atoms with E-state index >= 15 is 0 Å². The fourth-order valence-electron chi connectivity index (χ4n) is 3.12. The average molecular weight is 208 g/mol. The molecule has 2 aliphatic carbocycles. The fraction of sp³-hybridized carbons (Fsp3) is 0.857. The molecule has 86 valence electrons. The Labute approximate surface area is 93.6 Å². The molecule has 2 rings (SSSR count). The Hall–Kier alpha value is -0.300. The lowest BCUT2D eigenvalue weighted by Crippen LogP contribution is -2.43. The van der Waals surface area contributed by atoms with Gasteiger partial charge in [-0.05, 0) is 37.0 Å². The molecule has 0 aromatic carbocycles. The zero-order valence-corrected chi connectivity index (χ0v) is 10.3. The van der Waals surface area contributed by atoms with Crippen molar-refractivity contribution >= 4 is 0 Å². The summed E-state index contributed by atoms with van der Waals surface area (Å²) in [5, 5.41) is 10.5. The van der Waals surface area contributed by atoms with Gasteiger partial charge >= 0.3 is 0 Å². The molecular weight excluding hydrogens is 184 g/mol. The molecular formula is C14H24O. The predicted molar refractivity (Wildman–Crippen MR) is 63.7 cm³/mol. The minimum Gasteiger partial charge on any atom is -0.389 e. The van der Waals surface area contributed by atoms with Crippen molar-refractivity contribution in [2.75, 3.05) is 0 Å². The summed E-state index contributed by atoms with van der Waals surface area (Å²) in [5.41, 5.74) is 1.49. The van der Waals surface area contributed by atoms with E-state index in [2.05, 4.69) is 26.8 Å². The first-order valence-corrected chi connectivity index (χ1v) is 6.34. The molecule has 2 atom stereocenters. The van der Waals surface area contributed by atoms with Gasteiger partial charge in [0.15, 0.2) is 0 Å². The molecule has 0 unspecified atom stereocenters. The first kappa shape index (κ1) is 11.2. The summed E-state index contributed by atoms with van der Waals surface area (Å²) in [6, 6.07) is 0. The standard InChI is InChI=1S/C14H24O/c1-13(2,3)11-7-9-14(15)8-5-4-6-12(14)10-11/h7,12,15H,4-6,8-10H2,1-3H3/t12-,14-/m0/s1. The molecule has 0 radical (unpaired) electrons. The van der Waals surface area contributed by atoms with Crippen molar-refractivity contribution in [2.45, 2.75) is 64.9 Å². The summed E-state index contributed by atoms with van der Waals surface area (Å²) in [5.74, 6) is 0.533. The number of hydrogen-bond acceptors (Lipinski definition) is 1. The molecule has 1 heteroatoms. The Balaban J connectivity index is 2.17. The molecule has 15 heavy (non-hydrogen) atoms. The molecule has 0 aromatic rings. The number of rotatable bonds is 0. The lowest BCUT2D eigenvalue weighted by molar-refractivity contribution is -0.0524. The second-order valence-electron chi connectivity index (χ2n) is 6.43. The van der Waals surface area contributed by atoms with Crippen LogP contribution < -0.4 is 0 Å². The van der Waals surface area contributed by atoms with Crippen LogP contribution in [0.5, 0.6) is 0 Å². The molecule has 1 saturated carbocycles. The molecule has 0 aromatic heterocycles. The highest BCUT2D eigenvalue weighted by Gasteiger charge is 2.41. The molecule has 0 bridgehead atoms. The maximum Gasteiger partial charge on any atom is 0.0713 e. The summed E-state index contributed by atoms with van der Waals surface area (Å²) in [4.78, 5) is 0. The van der Waals surface area contributed by atoms with Gasteiger partial charge in [0.05, 0.1) is 5.60 Å². The normalized spacial score (nSPS) is 37.1. The highest BCUT2D eigenvalue weighted by atomic mass is 16.3. The summed E-state index contributed by atoms with van der Waals surface area (Å²) in [6.07, 6.45) is 9.09. The van der Waals surface area contributed by atoms with Crippen LogP contribution in [0.25, 0.3) is 0 Å². The first-order valence-electron chi connectivity index (χ1n) is 6.34. The van der Waals surface area contributed by atoms with Crippen LogP contribution in [0.4, 0.5) is 0 Å². The Kier molecular flexibility index (Phi) is 2.70. The SMILES string of the molecule is CC(C)(C)C1=CC[C@@]2(O)CCCC[C@H]2C1. The van der Waals surface area contributed by atoms with E-state index in [-0.39, 0.29) is 5.60 Å². The van der Waals surface area contributed by atoms with Crippen molar-refractivity contribution in [1.29, 1.82) is 0 Å². The number of hydrogen-bond donors (Lipinski definition) is 1. The number of aliphatic hydroxyl groups is 1. The minimum absolute atomic E-state index is 0.290. The monoisotopic (exact) mass is 208 g/mol. The minimum atomic E-state index is -0.354. The second-order valence-corrected chi connectivity index (χ2v) is 6.43. The van der Waals surface area contributed by atoms with Crippen LogP contribution in [0.2, 0.25) is 0 Å². The zero-order valence-electron chi connectivity index (χ0n) is 10.3. The topological polar surface area (TPSA) is 20.2 Å². The smallest absolute Gasteiger partial charge is 0.0713 e. The van der Waals surface area contributed by atoms with Gasteiger partial charge < -0.3 is 5.11 Å². The molecule has 2 aliphatic rings. The Bertz CT molecular complexity index is 272. The van der Waals surface area contributed by atoms with Crippen molar-refractivity contribution in [3.63, 3.8) is 0 Å². The zero-order chi connectivity index (χ0) is 11.1. The third-order valence-electron chi connectivity index (χ3n) is 4.30. The molecule has 1 fully saturated rings. The number of allylic oxidation sites excluding steroid dienone is 1.